The number of hydrogen-bond acceptors (Lipinski definition) is 9. The summed E-state index contributed by atoms with van der Waals surface area (Å²) in [6.45, 7) is 3.02. The van der Waals surface area contributed by atoms with E-state index in [1.54, 1.807) is 6.07 Å². The van der Waals surface area contributed by atoms with Crippen LogP contribution in [0.4, 0.5) is 15.9 Å². The first-order valence-corrected chi connectivity index (χ1v) is 16.8. The molecule has 3 aromatic carbocycles. The molecule has 0 fully saturated rings. The molecule has 2 N–H and O–H groups in total. The van der Waals surface area contributed by atoms with Gasteiger partial charge in [-0.15, -0.1) is 11.3 Å². The second kappa shape index (κ2) is 13.7. The Morgan fingerprint density at radius 2 is 1.93 bits per heavy atom. The lowest BCUT2D eigenvalue weighted by atomic mass is 10.1. The van der Waals surface area contributed by atoms with Crippen LogP contribution in [0.15, 0.2) is 76.8 Å². The number of hydrogen-bond donors (Lipinski definition) is 2. The van der Waals surface area contributed by atoms with Crippen LogP contribution in [0, 0.1) is 5.82 Å². The van der Waals surface area contributed by atoms with Crippen molar-refractivity contribution in [2.24, 2.45) is 0 Å². The number of sulfone groups is 1. The molecular weight excluding hydrogens is 641 g/mol. The van der Waals surface area contributed by atoms with Crippen molar-refractivity contribution in [3.05, 3.63) is 93.2 Å². The number of benzene rings is 3. The lowest BCUT2D eigenvalue weighted by Crippen LogP contribution is -2.24. The second-order valence-electron chi connectivity index (χ2n) is 9.60. The second-order valence-corrected chi connectivity index (χ2v) is 13.7. The van der Waals surface area contributed by atoms with E-state index in [0.29, 0.717) is 31.1 Å². The van der Waals surface area contributed by atoms with Crippen molar-refractivity contribution >= 4 is 59.5 Å². The molecule has 0 atom stereocenters. The van der Waals surface area contributed by atoms with E-state index in [-0.39, 0.29) is 23.9 Å². The van der Waals surface area contributed by atoms with E-state index >= 15 is 0 Å². The van der Waals surface area contributed by atoms with Gasteiger partial charge in [-0.2, -0.15) is 0 Å². The fourth-order valence-corrected chi connectivity index (χ4v) is 6.84. The lowest BCUT2D eigenvalue weighted by molar-refractivity contribution is 0.303. The highest BCUT2D eigenvalue weighted by Crippen LogP contribution is 2.33. The van der Waals surface area contributed by atoms with Crippen LogP contribution in [0.3, 0.4) is 0 Å². The third kappa shape index (κ3) is 7.88. The maximum Gasteiger partial charge on any atom is 0.151 e. The van der Waals surface area contributed by atoms with Gasteiger partial charge in [0.25, 0.3) is 0 Å². The normalized spacial score (nSPS) is 11.6. The standard InChI is InChI=1S/C30H29BrFN5O3S2/c1-2-11-42(38,39)12-10-33-16-29-37-27(18-41-29)21-6-8-26-24(14-21)30(35-19-34-26)36-23-7-9-28(25(31)15-23)40-17-20-4-3-5-22(32)13-20/h3-9,13-15,18-19,33H,2,10-12,16-17H2,1H3,(H,34,35,36). The van der Waals surface area contributed by atoms with Crippen LogP contribution in [0.5, 0.6) is 5.75 Å². The Hall–Kier alpha value is -3.45. The summed E-state index contributed by atoms with van der Waals surface area (Å²) in [5.41, 5.74) is 4.09. The van der Waals surface area contributed by atoms with Gasteiger partial charge in [-0.25, -0.2) is 27.8 Å². The maximum absolute atomic E-state index is 13.5. The van der Waals surface area contributed by atoms with Crippen LogP contribution >= 0.6 is 27.3 Å². The van der Waals surface area contributed by atoms with Gasteiger partial charge in [-0.05, 0) is 70.4 Å². The van der Waals surface area contributed by atoms with Crippen LogP contribution in [0.25, 0.3) is 22.2 Å². The highest BCUT2D eigenvalue weighted by atomic mass is 79.9. The van der Waals surface area contributed by atoms with Gasteiger partial charge in [0.1, 0.15) is 35.3 Å². The average Bonchev–Trinajstić information content (AvgIpc) is 3.44. The molecule has 0 amide bonds. The smallest absolute Gasteiger partial charge is 0.151 e. The summed E-state index contributed by atoms with van der Waals surface area (Å²) < 4.78 is 43.9. The van der Waals surface area contributed by atoms with Crippen molar-refractivity contribution in [1.29, 1.82) is 0 Å². The molecule has 8 nitrogen and oxygen atoms in total. The third-order valence-electron chi connectivity index (χ3n) is 6.34. The van der Waals surface area contributed by atoms with Crippen LogP contribution in [0.2, 0.25) is 0 Å². The van der Waals surface area contributed by atoms with Crippen molar-refractivity contribution in [2.75, 3.05) is 23.4 Å². The monoisotopic (exact) mass is 669 g/mol. The number of nitrogens with zero attached hydrogens (tertiary/aromatic N) is 3. The molecule has 0 spiro atoms. The molecule has 2 heterocycles. The summed E-state index contributed by atoms with van der Waals surface area (Å²) in [7, 11) is -3.01. The van der Waals surface area contributed by atoms with E-state index < -0.39 is 9.84 Å². The molecule has 0 saturated heterocycles. The number of anilines is 2. The Morgan fingerprint density at radius 3 is 2.74 bits per heavy atom. The Balaban J connectivity index is 1.26. The predicted octanol–water partition coefficient (Wildman–Crippen LogP) is 6.89. The molecule has 0 aliphatic carbocycles. The molecule has 2 aromatic heterocycles. The topological polar surface area (TPSA) is 106 Å². The van der Waals surface area contributed by atoms with Crippen molar-refractivity contribution in [2.45, 2.75) is 26.5 Å². The molecule has 0 bridgehead atoms. The maximum atomic E-state index is 13.5. The summed E-state index contributed by atoms with van der Waals surface area (Å²) in [6, 6.07) is 17.9. The van der Waals surface area contributed by atoms with Crippen LogP contribution in [-0.4, -0.2) is 41.4 Å². The quantitative estimate of drug-likeness (QED) is 0.131. The van der Waals surface area contributed by atoms with Gasteiger partial charge in [0.05, 0.1) is 21.4 Å². The third-order valence-corrected chi connectivity index (χ3v) is 9.67. The summed E-state index contributed by atoms with van der Waals surface area (Å²) in [5, 5.41) is 10.3. The number of thiazole rings is 1. The predicted molar refractivity (Wildman–Crippen MR) is 169 cm³/mol. The SMILES string of the molecule is CCCS(=O)(=O)CCNCc1nc(-c2ccc3ncnc(Nc4ccc(OCc5cccc(F)c5)c(Br)c4)c3c2)cs1. The highest BCUT2D eigenvalue weighted by Gasteiger charge is 2.12. The molecule has 5 rings (SSSR count). The summed E-state index contributed by atoms with van der Waals surface area (Å²) in [4.78, 5) is 13.6. The largest absolute Gasteiger partial charge is 0.488 e. The molecule has 5 aromatic rings. The zero-order valence-corrected chi connectivity index (χ0v) is 26.0. The van der Waals surface area contributed by atoms with Crippen molar-refractivity contribution < 1.29 is 17.5 Å². The first-order valence-electron chi connectivity index (χ1n) is 13.3. The first kappa shape index (κ1) is 30.0. The average molecular weight is 671 g/mol. The molecule has 0 aliphatic rings. The fourth-order valence-electron chi connectivity index (χ4n) is 4.30. The minimum atomic E-state index is -3.01. The Kier molecular flexibility index (Phi) is 9.78. The van der Waals surface area contributed by atoms with Crippen molar-refractivity contribution in [3.8, 4) is 17.0 Å². The van der Waals surface area contributed by atoms with Crippen LogP contribution in [0.1, 0.15) is 23.9 Å². The van der Waals surface area contributed by atoms with Gasteiger partial charge < -0.3 is 15.4 Å². The molecule has 42 heavy (non-hydrogen) atoms. The van der Waals surface area contributed by atoms with Gasteiger partial charge >= 0.3 is 0 Å². The summed E-state index contributed by atoms with van der Waals surface area (Å²) in [6.07, 6.45) is 2.15. The zero-order chi connectivity index (χ0) is 29.5. The summed E-state index contributed by atoms with van der Waals surface area (Å²) >= 11 is 5.09. The summed E-state index contributed by atoms with van der Waals surface area (Å²) in [5.74, 6) is 1.33. The molecule has 0 saturated carbocycles. The van der Waals surface area contributed by atoms with Crippen LogP contribution < -0.4 is 15.4 Å². The molecule has 0 unspecified atom stereocenters. The van der Waals surface area contributed by atoms with Gasteiger partial charge in [-0.1, -0.05) is 25.1 Å². The Morgan fingerprint density at radius 1 is 1.05 bits per heavy atom. The van der Waals surface area contributed by atoms with E-state index in [4.69, 9.17) is 9.72 Å². The van der Waals surface area contributed by atoms with Gasteiger partial charge in [0, 0.05) is 40.9 Å². The van der Waals surface area contributed by atoms with Gasteiger partial charge in [0.15, 0.2) is 9.84 Å². The van der Waals surface area contributed by atoms with Gasteiger partial charge in [-0.3, -0.25) is 0 Å². The number of halogens is 2. The Bertz CT molecular complexity index is 1800. The highest BCUT2D eigenvalue weighted by molar-refractivity contribution is 9.10. The molecule has 0 radical (unpaired) electrons. The molecule has 12 heteroatoms. The molecular formula is C30H29BrFN5O3S2. The zero-order valence-electron chi connectivity index (χ0n) is 22.8. The van der Waals surface area contributed by atoms with Gasteiger partial charge in [0.2, 0.25) is 0 Å². The van der Waals surface area contributed by atoms with E-state index in [1.807, 2.05) is 54.8 Å². The number of aromatic nitrogens is 3. The van der Waals surface area contributed by atoms with E-state index in [0.717, 1.165) is 42.9 Å². The first-order chi connectivity index (χ1) is 20.3. The lowest BCUT2D eigenvalue weighted by Gasteiger charge is -2.12. The fraction of sp³-hybridized carbons (Fsp3) is 0.233. The number of nitrogens with one attached hydrogen (secondary N) is 2. The minimum Gasteiger partial charge on any atom is -0.488 e. The van der Waals surface area contributed by atoms with Crippen molar-refractivity contribution in [1.82, 2.24) is 20.3 Å². The Labute approximate surface area is 256 Å². The molecule has 218 valence electrons. The molecule has 0 aliphatic heterocycles. The van der Waals surface area contributed by atoms with Crippen molar-refractivity contribution in [3.63, 3.8) is 0 Å². The van der Waals surface area contributed by atoms with Crippen LogP contribution in [-0.2, 0) is 23.0 Å². The van der Waals surface area contributed by atoms with E-state index in [2.05, 4.69) is 36.5 Å². The number of fused-ring (bicyclic) bond motifs is 1. The number of ether oxygens (including phenoxy) is 1. The number of rotatable bonds is 13. The van der Waals surface area contributed by atoms with E-state index in [9.17, 15) is 12.8 Å². The minimum absolute atomic E-state index is 0.126. The van der Waals surface area contributed by atoms with E-state index in [1.165, 1.54) is 29.8 Å².